The van der Waals surface area contributed by atoms with Gasteiger partial charge in [0.25, 0.3) is 0 Å². The van der Waals surface area contributed by atoms with E-state index in [1.807, 2.05) is 24.3 Å². The van der Waals surface area contributed by atoms with Crippen LogP contribution in [-0.2, 0) is 0 Å². The Kier molecular flexibility index (Phi) is 6.07. The molecule has 0 aliphatic heterocycles. The van der Waals surface area contributed by atoms with Gasteiger partial charge in [0, 0.05) is 4.47 Å². The summed E-state index contributed by atoms with van der Waals surface area (Å²) in [5.41, 5.74) is 0. The molecule has 1 rings (SSSR count). The minimum Gasteiger partial charge on any atom is -0.544 e. The summed E-state index contributed by atoms with van der Waals surface area (Å²) in [6.45, 7) is 11.3. The predicted octanol–water partition coefficient (Wildman–Crippen LogP) is 3.92. The topological polar surface area (TPSA) is 9.23 Å². The van der Waals surface area contributed by atoms with E-state index in [0.29, 0.717) is 0 Å². The standard InChI is InChI=1S/C12H19BrOSi.Mg.2H/c1-12(2,3)15(4,5)14-11-8-6-10(13)7-9-11;;;/h6-9H,1-5H3;;;. The van der Waals surface area contributed by atoms with Crippen LogP contribution in [0.1, 0.15) is 20.8 Å². The largest absolute Gasteiger partial charge is 0.544 e. The first-order chi connectivity index (χ1) is 6.72. The van der Waals surface area contributed by atoms with Crippen LogP contribution in [0.4, 0.5) is 0 Å². The van der Waals surface area contributed by atoms with Crippen molar-refractivity contribution in [2.45, 2.75) is 38.9 Å². The van der Waals surface area contributed by atoms with Gasteiger partial charge in [0.15, 0.2) is 0 Å². The van der Waals surface area contributed by atoms with Crippen molar-refractivity contribution in [2.75, 3.05) is 0 Å². The molecule has 0 radical (unpaired) electrons. The van der Waals surface area contributed by atoms with Gasteiger partial charge in [-0.3, -0.25) is 0 Å². The summed E-state index contributed by atoms with van der Waals surface area (Å²) < 4.78 is 7.23. The lowest BCUT2D eigenvalue weighted by Gasteiger charge is -2.36. The van der Waals surface area contributed by atoms with E-state index in [9.17, 15) is 0 Å². The zero-order chi connectivity index (χ0) is 11.7. The van der Waals surface area contributed by atoms with Crippen molar-refractivity contribution in [3.8, 4) is 5.75 Å². The van der Waals surface area contributed by atoms with Crippen LogP contribution in [0.3, 0.4) is 0 Å². The van der Waals surface area contributed by atoms with Crippen LogP contribution < -0.4 is 4.43 Å². The van der Waals surface area contributed by atoms with E-state index in [2.05, 4.69) is 49.8 Å². The molecule has 1 nitrogen and oxygen atoms in total. The molecule has 0 aliphatic carbocycles. The molecule has 0 aromatic heterocycles. The van der Waals surface area contributed by atoms with E-state index < -0.39 is 8.32 Å². The highest BCUT2D eigenvalue weighted by molar-refractivity contribution is 9.10. The quantitative estimate of drug-likeness (QED) is 0.752. The molecule has 0 bridgehead atoms. The molecular formula is C12H21BrMgOSi. The summed E-state index contributed by atoms with van der Waals surface area (Å²) in [7, 11) is -1.68. The number of benzene rings is 1. The molecule has 0 fully saturated rings. The molecule has 16 heavy (non-hydrogen) atoms. The zero-order valence-corrected chi connectivity index (χ0v) is 12.7. The van der Waals surface area contributed by atoms with Crippen LogP contribution in [0.25, 0.3) is 0 Å². The van der Waals surface area contributed by atoms with Gasteiger partial charge in [-0.1, -0.05) is 36.7 Å². The number of halogens is 1. The molecule has 1 aromatic rings. The maximum absolute atomic E-state index is 6.14. The fourth-order valence-corrected chi connectivity index (χ4v) is 2.25. The second-order valence-corrected chi connectivity index (χ2v) is 11.0. The van der Waals surface area contributed by atoms with E-state index >= 15 is 0 Å². The predicted molar refractivity (Wildman–Crippen MR) is 80.5 cm³/mol. The molecule has 0 aliphatic rings. The highest BCUT2D eigenvalue weighted by Crippen LogP contribution is 2.37. The van der Waals surface area contributed by atoms with Crippen molar-refractivity contribution in [3.05, 3.63) is 28.7 Å². The lowest BCUT2D eigenvalue weighted by molar-refractivity contribution is 0.492. The van der Waals surface area contributed by atoms with Crippen molar-refractivity contribution in [1.29, 1.82) is 0 Å². The number of rotatable bonds is 2. The molecule has 0 unspecified atom stereocenters. The Morgan fingerprint density at radius 1 is 1.06 bits per heavy atom. The van der Waals surface area contributed by atoms with E-state index in [-0.39, 0.29) is 28.1 Å². The Balaban J connectivity index is 0.00000225. The summed E-state index contributed by atoms with van der Waals surface area (Å²) in [4.78, 5) is 0. The average molecular weight is 314 g/mol. The molecule has 0 amide bonds. The van der Waals surface area contributed by atoms with Crippen molar-refractivity contribution in [1.82, 2.24) is 0 Å². The summed E-state index contributed by atoms with van der Waals surface area (Å²) in [6.07, 6.45) is 0. The van der Waals surface area contributed by atoms with Crippen molar-refractivity contribution in [2.24, 2.45) is 0 Å². The normalized spacial score (nSPS) is 11.9. The van der Waals surface area contributed by atoms with Gasteiger partial charge < -0.3 is 4.43 Å². The summed E-state index contributed by atoms with van der Waals surface area (Å²) >= 11 is 3.42. The first-order valence-corrected chi connectivity index (χ1v) is 8.87. The smallest absolute Gasteiger partial charge is 0.316 e. The second kappa shape index (κ2) is 5.89. The van der Waals surface area contributed by atoms with Gasteiger partial charge in [-0.15, -0.1) is 0 Å². The minimum atomic E-state index is -1.68. The van der Waals surface area contributed by atoms with E-state index in [1.54, 1.807) is 0 Å². The Bertz CT molecular complexity index is 330. The van der Waals surface area contributed by atoms with Crippen molar-refractivity contribution in [3.63, 3.8) is 0 Å². The summed E-state index contributed by atoms with van der Waals surface area (Å²) in [5, 5.41) is 0.250. The van der Waals surface area contributed by atoms with Crippen LogP contribution in [0.5, 0.6) is 5.75 Å². The van der Waals surface area contributed by atoms with Gasteiger partial charge in [-0.25, -0.2) is 0 Å². The number of hydrogen-bond donors (Lipinski definition) is 0. The molecule has 0 atom stereocenters. The third-order valence-corrected chi connectivity index (χ3v) is 7.88. The Hall–Kier alpha value is 0.483. The highest BCUT2D eigenvalue weighted by atomic mass is 79.9. The van der Waals surface area contributed by atoms with Gasteiger partial charge in [0.2, 0.25) is 8.32 Å². The molecule has 0 saturated heterocycles. The van der Waals surface area contributed by atoms with Gasteiger partial charge in [-0.05, 0) is 42.4 Å². The lowest BCUT2D eigenvalue weighted by atomic mass is 10.2. The molecule has 0 spiro atoms. The fraction of sp³-hybridized carbons (Fsp3) is 0.500. The van der Waals surface area contributed by atoms with Gasteiger partial charge in [0.1, 0.15) is 5.75 Å². The van der Waals surface area contributed by atoms with Crippen LogP contribution in [0.2, 0.25) is 18.1 Å². The van der Waals surface area contributed by atoms with Gasteiger partial charge in [0.05, 0.1) is 0 Å². The maximum atomic E-state index is 6.14. The van der Waals surface area contributed by atoms with E-state index in [1.165, 1.54) is 0 Å². The first kappa shape index (κ1) is 16.5. The van der Waals surface area contributed by atoms with Gasteiger partial charge >= 0.3 is 23.1 Å². The van der Waals surface area contributed by atoms with E-state index in [4.69, 9.17) is 4.43 Å². The van der Waals surface area contributed by atoms with Crippen molar-refractivity contribution >= 4 is 47.3 Å². The van der Waals surface area contributed by atoms with Gasteiger partial charge in [-0.2, -0.15) is 0 Å². The third kappa shape index (κ3) is 4.39. The second-order valence-electron chi connectivity index (χ2n) is 5.32. The first-order valence-electron chi connectivity index (χ1n) is 5.17. The fourth-order valence-electron chi connectivity index (χ4n) is 0.950. The number of hydrogen-bond acceptors (Lipinski definition) is 1. The van der Waals surface area contributed by atoms with E-state index in [0.717, 1.165) is 10.2 Å². The van der Waals surface area contributed by atoms with Crippen LogP contribution in [0.15, 0.2) is 28.7 Å². The Labute approximate surface area is 124 Å². The Morgan fingerprint density at radius 2 is 1.50 bits per heavy atom. The molecule has 0 heterocycles. The monoisotopic (exact) mass is 312 g/mol. The molecule has 0 N–H and O–H groups in total. The molecular weight excluding hydrogens is 292 g/mol. The van der Waals surface area contributed by atoms with Crippen LogP contribution >= 0.6 is 15.9 Å². The lowest BCUT2D eigenvalue weighted by Crippen LogP contribution is -2.43. The van der Waals surface area contributed by atoms with Crippen LogP contribution in [0, 0.1) is 0 Å². The molecule has 88 valence electrons. The molecule has 1 aromatic carbocycles. The minimum absolute atomic E-state index is 0. The Morgan fingerprint density at radius 3 is 1.88 bits per heavy atom. The summed E-state index contributed by atoms with van der Waals surface area (Å²) in [5.74, 6) is 0.977. The van der Waals surface area contributed by atoms with Crippen molar-refractivity contribution < 1.29 is 4.43 Å². The zero-order valence-electron chi connectivity index (χ0n) is 10.1. The summed E-state index contributed by atoms with van der Waals surface area (Å²) in [6, 6.07) is 8.07. The maximum Gasteiger partial charge on any atom is 0.316 e. The SMILES string of the molecule is CC(C)(C)[Si](C)(C)Oc1ccc(Br)cc1.[MgH2]. The highest BCUT2D eigenvalue weighted by Gasteiger charge is 2.38. The average Bonchev–Trinajstić information content (AvgIpc) is 2.06. The molecule has 0 saturated carbocycles. The molecule has 4 heteroatoms. The van der Waals surface area contributed by atoms with Crippen LogP contribution in [-0.4, -0.2) is 31.4 Å². The third-order valence-electron chi connectivity index (χ3n) is 2.99.